The molecule has 0 bridgehead atoms. The summed E-state index contributed by atoms with van der Waals surface area (Å²) in [6, 6.07) is 1.83. The van der Waals surface area contributed by atoms with E-state index in [2.05, 4.69) is 43.6 Å². The highest BCUT2D eigenvalue weighted by molar-refractivity contribution is 7.47. The van der Waals surface area contributed by atoms with Crippen molar-refractivity contribution in [3.8, 4) is 0 Å². The van der Waals surface area contributed by atoms with E-state index in [-0.39, 0.29) is 0 Å². The molecule has 0 spiro atoms. The summed E-state index contributed by atoms with van der Waals surface area (Å²) < 4.78 is 3.64. The average Bonchev–Trinajstić information content (AvgIpc) is 2.30. The zero-order chi connectivity index (χ0) is 10.7. The molecule has 1 aliphatic heterocycles. The van der Waals surface area contributed by atoms with Crippen molar-refractivity contribution < 1.29 is 0 Å². The summed E-state index contributed by atoms with van der Waals surface area (Å²) >= 11 is 4.61. The largest absolute Gasteiger partial charge is 0.354 e. The molecule has 2 heterocycles. The number of hydrogen-bond donors (Lipinski definition) is 0. The highest BCUT2D eigenvalue weighted by Gasteiger charge is 2.15. The number of rotatable bonds is 2. The van der Waals surface area contributed by atoms with Gasteiger partial charge in [0, 0.05) is 44.7 Å². The van der Waals surface area contributed by atoms with Crippen LogP contribution in [-0.4, -0.2) is 48.1 Å². The Balaban J connectivity index is 2.11. The molecule has 15 heavy (non-hydrogen) atoms. The maximum atomic E-state index is 4.61. The predicted octanol–water partition coefficient (Wildman–Crippen LogP) is 0.590. The molecule has 0 amide bonds. The zero-order valence-electron chi connectivity index (χ0n) is 8.63. The zero-order valence-corrected chi connectivity index (χ0v) is 9.44. The normalized spacial score (nSPS) is 17.8. The van der Waals surface area contributed by atoms with E-state index >= 15 is 0 Å². The SMILES string of the molecule is CN1CCN(c2cc(N=S)ncn2)CC1. The van der Waals surface area contributed by atoms with Crippen molar-refractivity contribution in [3.63, 3.8) is 0 Å². The smallest absolute Gasteiger partial charge is 0.170 e. The molecule has 1 aromatic heterocycles. The standard InChI is InChI=1S/C9H13N5S/c1-13-2-4-14(5-3-13)9-6-8(12-15)10-7-11-9/h6-7H,2-5H2,1H3. The highest BCUT2D eigenvalue weighted by atomic mass is 32.1. The van der Waals surface area contributed by atoms with Gasteiger partial charge in [0.1, 0.15) is 12.1 Å². The lowest BCUT2D eigenvalue weighted by Gasteiger charge is -2.33. The second-order valence-corrected chi connectivity index (χ2v) is 3.80. The summed E-state index contributed by atoms with van der Waals surface area (Å²) in [7, 11) is 2.13. The van der Waals surface area contributed by atoms with Crippen molar-refractivity contribution in [1.82, 2.24) is 14.9 Å². The van der Waals surface area contributed by atoms with Crippen molar-refractivity contribution >= 4 is 24.1 Å². The Morgan fingerprint density at radius 1 is 1.27 bits per heavy atom. The van der Waals surface area contributed by atoms with Gasteiger partial charge in [-0.25, -0.2) is 9.97 Å². The Morgan fingerprint density at radius 3 is 2.67 bits per heavy atom. The van der Waals surface area contributed by atoms with E-state index in [4.69, 9.17) is 0 Å². The van der Waals surface area contributed by atoms with Crippen LogP contribution in [-0.2, 0) is 12.4 Å². The van der Waals surface area contributed by atoms with Crippen molar-refractivity contribution in [2.24, 2.45) is 4.36 Å². The van der Waals surface area contributed by atoms with Gasteiger partial charge >= 0.3 is 0 Å². The molecule has 5 nitrogen and oxygen atoms in total. The van der Waals surface area contributed by atoms with Crippen LogP contribution in [0.15, 0.2) is 16.8 Å². The molecule has 0 radical (unpaired) electrons. The van der Waals surface area contributed by atoms with Gasteiger partial charge in [0.15, 0.2) is 5.82 Å². The van der Waals surface area contributed by atoms with Gasteiger partial charge in [-0.3, -0.25) is 0 Å². The van der Waals surface area contributed by atoms with Crippen LogP contribution in [0, 0.1) is 0 Å². The van der Waals surface area contributed by atoms with Gasteiger partial charge in [-0.1, -0.05) is 0 Å². The molecule has 1 aromatic rings. The monoisotopic (exact) mass is 223 g/mol. The third-order valence-corrected chi connectivity index (χ3v) is 2.75. The van der Waals surface area contributed by atoms with E-state index < -0.39 is 0 Å². The number of likely N-dealkylation sites (N-methyl/N-ethyl adjacent to an activating group) is 1. The summed E-state index contributed by atoms with van der Waals surface area (Å²) in [5.74, 6) is 1.48. The summed E-state index contributed by atoms with van der Waals surface area (Å²) in [5.41, 5.74) is 0. The van der Waals surface area contributed by atoms with Crippen LogP contribution in [0.1, 0.15) is 0 Å². The first kappa shape index (κ1) is 10.4. The quantitative estimate of drug-likeness (QED) is 0.734. The average molecular weight is 223 g/mol. The van der Waals surface area contributed by atoms with Gasteiger partial charge in [-0.2, -0.15) is 4.36 Å². The number of hydrogen-bond acceptors (Lipinski definition) is 6. The van der Waals surface area contributed by atoms with Crippen LogP contribution in [0.2, 0.25) is 0 Å². The molecule has 0 aliphatic carbocycles. The van der Waals surface area contributed by atoms with Crippen LogP contribution >= 0.6 is 0 Å². The summed E-state index contributed by atoms with van der Waals surface area (Å²) in [5, 5.41) is 0. The van der Waals surface area contributed by atoms with Crippen molar-refractivity contribution in [3.05, 3.63) is 12.4 Å². The lowest BCUT2D eigenvalue weighted by atomic mass is 10.3. The Labute approximate surface area is 94.3 Å². The Morgan fingerprint density at radius 2 is 2.00 bits per heavy atom. The second-order valence-electron chi connectivity index (χ2n) is 3.62. The van der Waals surface area contributed by atoms with Crippen molar-refractivity contribution in [2.45, 2.75) is 0 Å². The molecule has 1 fully saturated rings. The molecule has 80 valence electrons. The topological polar surface area (TPSA) is 44.6 Å². The van der Waals surface area contributed by atoms with Gasteiger partial charge < -0.3 is 9.80 Å². The van der Waals surface area contributed by atoms with Gasteiger partial charge in [-0.05, 0) is 7.05 Å². The third kappa shape index (κ3) is 2.45. The summed E-state index contributed by atoms with van der Waals surface area (Å²) in [6.07, 6.45) is 1.51. The first-order chi connectivity index (χ1) is 7.29. The third-order valence-electron chi connectivity index (χ3n) is 2.56. The van der Waals surface area contributed by atoms with E-state index in [0.29, 0.717) is 5.82 Å². The van der Waals surface area contributed by atoms with Gasteiger partial charge in [0.25, 0.3) is 0 Å². The van der Waals surface area contributed by atoms with Crippen molar-refractivity contribution in [1.29, 1.82) is 0 Å². The fourth-order valence-electron chi connectivity index (χ4n) is 1.60. The molecule has 2 rings (SSSR count). The number of nitrogens with zero attached hydrogens (tertiary/aromatic N) is 5. The van der Waals surface area contributed by atoms with E-state index in [1.165, 1.54) is 6.33 Å². The Kier molecular flexibility index (Phi) is 3.17. The first-order valence-corrected chi connectivity index (χ1v) is 5.25. The lowest BCUT2D eigenvalue weighted by Crippen LogP contribution is -2.44. The molecule has 0 N–H and O–H groups in total. The number of anilines is 1. The van der Waals surface area contributed by atoms with Crippen LogP contribution in [0.5, 0.6) is 0 Å². The number of piperazine rings is 1. The molecular formula is C9H13N5S. The molecule has 1 saturated heterocycles. The minimum Gasteiger partial charge on any atom is -0.354 e. The van der Waals surface area contributed by atoms with E-state index in [1.807, 2.05) is 6.07 Å². The molecule has 6 heteroatoms. The highest BCUT2D eigenvalue weighted by Crippen LogP contribution is 2.16. The number of aromatic nitrogens is 2. The minimum absolute atomic E-state index is 0.564. The van der Waals surface area contributed by atoms with Gasteiger partial charge in [0.05, 0.1) is 0 Å². The molecule has 0 unspecified atom stereocenters. The van der Waals surface area contributed by atoms with E-state index in [9.17, 15) is 0 Å². The molecular weight excluding hydrogens is 210 g/mol. The van der Waals surface area contributed by atoms with Gasteiger partial charge in [0.2, 0.25) is 0 Å². The Bertz CT molecular complexity index is 348. The maximum absolute atomic E-state index is 4.61. The fourth-order valence-corrected chi connectivity index (χ4v) is 1.70. The first-order valence-electron chi connectivity index (χ1n) is 4.88. The van der Waals surface area contributed by atoms with Crippen LogP contribution in [0.3, 0.4) is 0 Å². The summed E-state index contributed by atoms with van der Waals surface area (Å²) in [4.78, 5) is 12.7. The van der Waals surface area contributed by atoms with Gasteiger partial charge in [-0.15, -0.1) is 0 Å². The Hall–Kier alpha value is -1.14. The van der Waals surface area contributed by atoms with E-state index in [1.54, 1.807) is 0 Å². The van der Waals surface area contributed by atoms with Crippen LogP contribution in [0.25, 0.3) is 0 Å². The lowest BCUT2D eigenvalue weighted by molar-refractivity contribution is 0.312. The molecule has 0 saturated carbocycles. The molecule has 1 aliphatic rings. The maximum Gasteiger partial charge on any atom is 0.170 e. The molecule has 0 aromatic carbocycles. The predicted molar refractivity (Wildman–Crippen MR) is 61.2 cm³/mol. The minimum atomic E-state index is 0.564. The molecule has 0 atom stereocenters. The summed E-state index contributed by atoms with van der Waals surface area (Å²) in [6.45, 7) is 4.10. The fraction of sp³-hybridized carbons (Fsp3) is 0.556. The van der Waals surface area contributed by atoms with Crippen LogP contribution < -0.4 is 4.90 Å². The second kappa shape index (κ2) is 4.59. The van der Waals surface area contributed by atoms with Crippen molar-refractivity contribution in [2.75, 3.05) is 38.1 Å². The van der Waals surface area contributed by atoms with Crippen LogP contribution in [0.4, 0.5) is 11.6 Å². The van der Waals surface area contributed by atoms with E-state index in [0.717, 1.165) is 32.0 Å².